The number of piperidine rings is 1. The van der Waals surface area contributed by atoms with Gasteiger partial charge in [0, 0.05) is 18.0 Å². The maximum absolute atomic E-state index is 12.6. The Morgan fingerprint density at radius 3 is 2.85 bits per heavy atom. The number of likely N-dealkylation sites (tertiary alicyclic amines) is 1. The average molecular weight is 295 g/mol. The molecule has 0 spiro atoms. The van der Waals surface area contributed by atoms with Gasteiger partial charge >= 0.3 is 0 Å². The molecule has 20 heavy (non-hydrogen) atoms. The summed E-state index contributed by atoms with van der Waals surface area (Å²) in [6.07, 6.45) is 3.66. The number of aliphatic hydroxyl groups is 1. The molecule has 0 saturated carbocycles. The fourth-order valence-corrected chi connectivity index (χ4v) is 4.02. The molecule has 1 saturated heterocycles. The van der Waals surface area contributed by atoms with Gasteiger partial charge in [-0.05, 0) is 36.8 Å². The zero-order chi connectivity index (χ0) is 14.7. The molecule has 2 rings (SSSR count). The third-order valence-corrected chi connectivity index (χ3v) is 5.40. The fourth-order valence-electron chi connectivity index (χ4n) is 2.70. The third kappa shape index (κ3) is 3.23. The number of β-amino-alcohol motifs (C(OH)–C–C–N with tert-alkyl or cyclic N) is 1. The van der Waals surface area contributed by atoms with Gasteiger partial charge in [-0.15, -0.1) is 11.3 Å². The molecule has 0 bridgehead atoms. The molecule has 4 heteroatoms. The molecule has 2 unspecified atom stereocenters. The van der Waals surface area contributed by atoms with Crippen molar-refractivity contribution >= 4 is 17.2 Å². The van der Waals surface area contributed by atoms with Gasteiger partial charge in [-0.25, -0.2) is 0 Å². The minimum atomic E-state index is -0.381. The van der Waals surface area contributed by atoms with Crippen molar-refractivity contribution in [1.82, 2.24) is 4.90 Å². The van der Waals surface area contributed by atoms with Crippen LogP contribution in [0.4, 0.5) is 0 Å². The molecule has 0 radical (unpaired) electrons. The summed E-state index contributed by atoms with van der Waals surface area (Å²) in [5, 5.41) is 9.94. The van der Waals surface area contributed by atoms with E-state index in [-0.39, 0.29) is 12.0 Å². The number of thiophene rings is 1. The van der Waals surface area contributed by atoms with Crippen molar-refractivity contribution in [1.29, 1.82) is 0 Å². The highest BCUT2D eigenvalue weighted by molar-refractivity contribution is 7.14. The standard InChI is InChI=1S/C16H25NO2S/c1-4-6-14-12(5-2)9-15(20-14)16(19)17-8-7-11(3)13(18)10-17/h9,11,13,18H,4-8,10H2,1-3H3. The molecule has 1 aromatic rings. The predicted molar refractivity (Wildman–Crippen MR) is 83.4 cm³/mol. The lowest BCUT2D eigenvalue weighted by molar-refractivity contribution is 0.0251. The van der Waals surface area contributed by atoms with Gasteiger partial charge in [0.25, 0.3) is 5.91 Å². The zero-order valence-electron chi connectivity index (χ0n) is 12.7. The second-order valence-electron chi connectivity index (χ2n) is 5.75. The van der Waals surface area contributed by atoms with Crippen molar-refractivity contribution in [2.75, 3.05) is 13.1 Å². The lowest BCUT2D eigenvalue weighted by atomic mass is 9.96. The number of aryl methyl sites for hydroxylation is 2. The van der Waals surface area contributed by atoms with Gasteiger partial charge in [-0.1, -0.05) is 27.2 Å². The van der Waals surface area contributed by atoms with Gasteiger partial charge in [-0.3, -0.25) is 4.79 Å². The van der Waals surface area contributed by atoms with Crippen molar-refractivity contribution in [3.05, 3.63) is 21.4 Å². The largest absolute Gasteiger partial charge is 0.391 e. The van der Waals surface area contributed by atoms with E-state index in [1.165, 1.54) is 10.4 Å². The summed E-state index contributed by atoms with van der Waals surface area (Å²) in [6, 6.07) is 2.06. The first-order valence-electron chi connectivity index (χ1n) is 7.65. The Labute approximate surface area is 125 Å². The van der Waals surface area contributed by atoms with E-state index in [0.29, 0.717) is 12.5 Å². The van der Waals surface area contributed by atoms with Crippen LogP contribution in [-0.2, 0) is 12.8 Å². The number of amides is 1. The number of nitrogens with zero attached hydrogens (tertiary/aromatic N) is 1. The van der Waals surface area contributed by atoms with Gasteiger partial charge in [0.15, 0.2) is 0 Å². The lowest BCUT2D eigenvalue weighted by Gasteiger charge is -2.34. The van der Waals surface area contributed by atoms with Gasteiger partial charge in [-0.2, -0.15) is 0 Å². The molecule has 1 aromatic heterocycles. The Morgan fingerprint density at radius 1 is 1.50 bits per heavy atom. The molecule has 1 aliphatic rings. The molecule has 1 fully saturated rings. The summed E-state index contributed by atoms with van der Waals surface area (Å²) in [5.74, 6) is 0.391. The summed E-state index contributed by atoms with van der Waals surface area (Å²) in [4.78, 5) is 16.6. The minimum absolute atomic E-state index is 0.0954. The summed E-state index contributed by atoms with van der Waals surface area (Å²) in [5.41, 5.74) is 1.31. The van der Waals surface area contributed by atoms with E-state index in [4.69, 9.17) is 0 Å². The minimum Gasteiger partial charge on any atom is -0.391 e. The fraction of sp³-hybridized carbons (Fsp3) is 0.688. The second kappa shape index (κ2) is 6.72. The van der Waals surface area contributed by atoms with Crippen molar-refractivity contribution in [2.24, 2.45) is 5.92 Å². The molecule has 0 aliphatic carbocycles. The number of aliphatic hydroxyl groups excluding tert-OH is 1. The highest BCUT2D eigenvalue weighted by atomic mass is 32.1. The SMILES string of the molecule is CCCc1sc(C(=O)N2CCC(C)C(O)C2)cc1CC. The predicted octanol–water partition coefficient (Wildman–Crippen LogP) is 3.11. The Kier molecular flexibility index (Phi) is 5.22. The van der Waals surface area contributed by atoms with Crippen molar-refractivity contribution in [2.45, 2.75) is 52.6 Å². The molecule has 3 nitrogen and oxygen atoms in total. The molecule has 2 atom stereocenters. The molecule has 112 valence electrons. The summed E-state index contributed by atoms with van der Waals surface area (Å²) >= 11 is 1.64. The zero-order valence-corrected chi connectivity index (χ0v) is 13.5. The van der Waals surface area contributed by atoms with E-state index < -0.39 is 0 Å². The van der Waals surface area contributed by atoms with Crippen molar-refractivity contribution in [3.8, 4) is 0 Å². The molecule has 1 aliphatic heterocycles. The van der Waals surface area contributed by atoms with E-state index in [2.05, 4.69) is 19.9 Å². The normalized spacial score (nSPS) is 23.1. The highest BCUT2D eigenvalue weighted by Crippen LogP contribution is 2.27. The van der Waals surface area contributed by atoms with E-state index in [1.807, 2.05) is 11.8 Å². The number of carbonyl (C=O) groups excluding carboxylic acids is 1. The van der Waals surface area contributed by atoms with Crippen LogP contribution in [0.2, 0.25) is 0 Å². The van der Waals surface area contributed by atoms with Gasteiger partial charge in [0.2, 0.25) is 0 Å². The average Bonchev–Trinajstić information content (AvgIpc) is 2.84. The first-order chi connectivity index (χ1) is 9.56. The number of carbonyl (C=O) groups is 1. The van der Waals surface area contributed by atoms with Crippen LogP contribution >= 0.6 is 11.3 Å². The summed E-state index contributed by atoms with van der Waals surface area (Å²) in [7, 11) is 0. The van der Waals surface area contributed by atoms with E-state index in [1.54, 1.807) is 11.3 Å². The maximum atomic E-state index is 12.6. The molecular formula is C16H25NO2S. The summed E-state index contributed by atoms with van der Waals surface area (Å²) < 4.78 is 0. The quantitative estimate of drug-likeness (QED) is 0.927. The van der Waals surface area contributed by atoms with E-state index >= 15 is 0 Å². The highest BCUT2D eigenvalue weighted by Gasteiger charge is 2.28. The Morgan fingerprint density at radius 2 is 2.25 bits per heavy atom. The van der Waals surface area contributed by atoms with Gasteiger partial charge in [0.05, 0.1) is 11.0 Å². The van der Waals surface area contributed by atoms with E-state index in [0.717, 1.165) is 37.1 Å². The second-order valence-corrected chi connectivity index (χ2v) is 6.88. The van der Waals surface area contributed by atoms with Gasteiger partial charge < -0.3 is 10.0 Å². The molecule has 1 amide bonds. The number of rotatable bonds is 4. The Bertz CT molecular complexity index is 469. The topological polar surface area (TPSA) is 40.5 Å². The summed E-state index contributed by atoms with van der Waals surface area (Å²) in [6.45, 7) is 7.60. The van der Waals surface area contributed by atoms with Crippen molar-refractivity contribution in [3.63, 3.8) is 0 Å². The van der Waals surface area contributed by atoms with Crippen LogP contribution in [0.25, 0.3) is 0 Å². The first kappa shape index (κ1) is 15.5. The van der Waals surface area contributed by atoms with Crippen LogP contribution in [0.3, 0.4) is 0 Å². The van der Waals surface area contributed by atoms with Crippen LogP contribution in [0.15, 0.2) is 6.07 Å². The van der Waals surface area contributed by atoms with E-state index in [9.17, 15) is 9.90 Å². The Balaban J connectivity index is 2.12. The molecule has 2 heterocycles. The first-order valence-corrected chi connectivity index (χ1v) is 8.47. The lowest BCUT2D eigenvalue weighted by Crippen LogP contribution is -2.45. The third-order valence-electron chi connectivity index (χ3n) is 4.17. The van der Waals surface area contributed by atoms with Gasteiger partial charge in [0.1, 0.15) is 0 Å². The molecule has 1 N–H and O–H groups in total. The molecule has 0 aromatic carbocycles. The van der Waals surface area contributed by atoms with Crippen LogP contribution < -0.4 is 0 Å². The number of hydrogen-bond acceptors (Lipinski definition) is 3. The molecular weight excluding hydrogens is 270 g/mol. The Hall–Kier alpha value is -0.870. The van der Waals surface area contributed by atoms with Crippen LogP contribution in [0, 0.1) is 5.92 Å². The maximum Gasteiger partial charge on any atom is 0.264 e. The monoisotopic (exact) mass is 295 g/mol. The van der Waals surface area contributed by atoms with Crippen molar-refractivity contribution < 1.29 is 9.90 Å². The van der Waals surface area contributed by atoms with Crippen LogP contribution in [0.1, 0.15) is 53.7 Å². The van der Waals surface area contributed by atoms with Crippen LogP contribution in [-0.4, -0.2) is 35.1 Å². The van der Waals surface area contributed by atoms with Crippen LogP contribution in [0.5, 0.6) is 0 Å². The smallest absolute Gasteiger partial charge is 0.264 e. The number of hydrogen-bond donors (Lipinski definition) is 1.